The summed E-state index contributed by atoms with van der Waals surface area (Å²) in [5, 5.41) is 3.59. The van der Waals surface area contributed by atoms with Crippen molar-refractivity contribution in [3.63, 3.8) is 0 Å². The first-order chi connectivity index (χ1) is 9.43. The van der Waals surface area contributed by atoms with E-state index in [0.717, 1.165) is 12.0 Å². The van der Waals surface area contributed by atoms with Gasteiger partial charge in [-0.05, 0) is 68.9 Å². The summed E-state index contributed by atoms with van der Waals surface area (Å²) in [4.78, 5) is 2.77. The zero-order valence-electron chi connectivity index (χ0n) is 14.5. The molecule has 0 spiro atoms. The fraction of sp³-hybridized carbons (Fsp3) is 1.00. The van der Waals surface area contributed by atoms with Gasteiger partial charge in [-0.15, -0.1) is 0 Å². The molecule has 1 aliphatic carbocycles. The van der Waals surface area contributed by atoms with Crippen molar-refractivity contribution in [2.24, 2.45) is 16.7 Å². The third-order valence-electron chi connectivity index (χ3n) is 6.40. The summed E-state index contributed by atoms with van der Waals surface area (Å²) < 4.78 is 0. The molecule has 1 N–H and O–H groups in total. The molecule has 0 bridgehead atoms. The molecule has 2 nitrogen and oxygen atoms in total. The van der Waals surface area contributed by atoms with Crippen LogP contribution in [0, 0.1) is 16.7 Å². The second-order valence-corrected chi connectivity index (χ2v) is 8.25. The smallest absolute Gasteiger partial charge is 0.0105 e. The van der Waals surface area contributed by atoms with E-state index in [0.29, 0.717) is 10.8 Å². The highest BCUT2D eigenvalue weighted by molar-refractivity contribution is 4.93. The van der Waals surface area contributed by atoms with Crippen molar-refractivity contribution in [3.8, 4) is 0 Å². The van der Waals surface area contributed by atoms with Crippen LogP contribution in [-0.2, 0) is 0 Å². The van der Waals surface area contributed by atoms with E-state index in [1.807, 2.05) is 0 Å². The van der Waals surface area contributed by atoms with Crippen LogP contribution in [0.2, 0.25) is 0 Å². The number of hydrogen-bond acceptors (Lipinski definition) is 2. The molecule has 0 aromatic heterocycles. The molecule has 0 radical (unpaired) electrons. The van der Waals surface area contributed by atoms with E-state index in [1.165, 1.54) is 58.2 Å². The molecule has 1 saturated carbocycles. The maximum atomic E-state index is 3.59. The van der Waals surface area contributed by atoms with Gasteiger partial charge in [-0.25, -0.2) is 0 Å². The van der Waals surface area contributed by atoms with Gasteiger partial charge in [-0.1, -0.05) is 27.7 Å². The Morgan fingerprint density at radius 2 is 1.85 bits per heavy atom. The van der Waals surface area contributed by atoms with Gasteiger partial charge in [0, 0.05) is 19.1 Å². The van der Waals surface area contributed by atoms with Crippen molar-refractivity contribution < 1.29 is 0 Å². The standard InChI is InChI=1S/C18H36N2/c1-6-18(7-2)10-11-20(14-18)13-15-12-17(3,4)9-8-16(15)19-5/h15-16,19H,6-14H2,1-5H3. The summed E-state index contributed by atoms with van der Waals surface area (Å²) in [5.74, 6) is 0.841. The van der Waals surface area contributed by atoms with E-state index in [4.69, 9.17) is 0 Å². The van der Waals surface area contributed by atoms with Crippen molar-refractivity contribution in [2.75, 3.05) is 26.7 Å². The summed E-state index contributed by atoms with van der Waals surface area (Å²) in [7, 11) is 2.16. The van der Waals surface area contributed by atoms with E-state index >= 15 is 0 Å². The molecule has 1 heterocycles. The second-order valence-electron chi connectivity index (χ2n) is 8.25. The zero-order chi connectivity index (χ0) is 14.8. The molecule has 2 heteroatoms. The van der Waals surface area contributed by atoms with Crippen LogP contribution in [0.25, 0.3) is 0 Å². The molecule has 2 rings (SSSR count). The third-order valence-corrected chi connectivity index (χ3v) is 6.40. The summed E-state index contributed by atoms with van der Waals surface area (Å²) in [5.41, 5.74) is 1.17. The highest BCUT2D eigenvalue weighted by Gasteiger charge is 2.39. The highest BCUT2D eigenvalue weighted by Crippen LogP contribution is 2.41. The van der Waals surface area contributed by atoms with E-state index in [9.17, 15) is 0 Å². The Labute approximate surface area is 126 Å². The number of hydrogen-bond donors (Lipinski definition) is 1. The van der Waals surface area contributed by atoms with Crippen molar-refractivity contribution >= 4 is 0 Å². The Kier molecular flexibility index (Phi) is 5.18. The predicted octanol–water partition coefficient (Wildman–Crippen LogP) is 3.91. The van der Waals surface area contributed by atoms with E-state index in [2.05, 4.69) is 45.0 Å². The monoisotopic (exact) mass is 280 g/mol. The van der Waals surface area contributed by atoms with Crippen LogP contribution >= 0.6 is 0 Å². The van der Waals surface area contributed by atoms with Crippen molar-refractivity contribution in [2.45, 2.75) is 72.3 Å². The molecule has 0 aromatic rings. The molecule has 2 aliphatic rings. The van der Waals surface area contributed by atoms with E-state index in [1.54, 1.807) is 0 Å². The predicted molar refractivity (Wildman–Crippen MR) is 88.0 cm³/mol. The van der Waals surface area contributed by atoms with Crippen LogP contribution in [0.1, 0.15) is 66.2 Å². The van der Waals surface area contributed by atoms with E-state index < -0.39 is 0 Å². The Balaban J connectivity index is 1.94. The van der Waals surface area contributed by atoms with Crippen LogP contribution in [-0.4, -0.2) is 37.6 Å². The van der Waals surface area contributed by atoms with Crippen molar-refractivity contribution in [3.05, 3.63) is 0 Å². The Bertz CT molecular complexity index is 307. The first-order valence-electron chi connectivity index (χ1n) is 8.83. The fourth-order valence-electron chi connectivity index (χ4n) is 4.65. The minimum atomic E-state index is 0.546. The van der Waals surface area contributed by atoms with Gasteiger partial charge < -0.3 is 10.2 Å². The zero-order valence-corrected chi connectivity index (χ0v) is 14.5. The lowest BCUT2D eigenvalue weighted by molar-refractivity contribution is 0.106. The molecule has 0 amide bonds. The van der Waals surface area contributed by atoms with Gasteiger partial charge in [0.2, 0.25) is 0 Å². The van der Waals surface area contributed by atoms with Crippen molar-refractivity contribution in [1.29, 1.82) is 0 Å². The average molecular weight is 281 g/mol. The van der Waals surface area contributed by atoms with Crippen molar-refractivity contribution in [1.82, 2.24) is 10.2 Å². The largest absolute Gasteiger partial charge is 0.317 e. The maximum absolute atomic E-state index is 3.59. The SMILES string of the molecule is CCC1(CC)CCN(CC2CC(C)(C)CCC2NC)C1. The number of likely N-dealkylation sites (tertiary alicyclic amines) is 1. The van der Waals surface area contributed by atoms with Crippen LogP contribution < -0.4 is 5.32 Å². The minimum Gasteiger partial charge on any atom is -0.317 e. The fourth-order valence-corrected chi connectivity index (χ4v) is 4.65. The molecule has 0 aromatic carbocycles. The van der Waals surface area contributed by atoms with Gasteiger partial charge >= 0.3 is 0 Å². The van der Waals surface area contributed by atoms with Gasteiger partial charge in [0.25, 0.3) is 0 Å². The number of nitrogens with zero attached hydrogens (tertiary/aromatic N) is 1. The molecule has 1 saturated heterocycles. The van der Waals surface area contributed by atoms with E-state index in [-0.39, 0.29) is 0 Å². The Hall–Kier alpha value is -0.0800. The van der Waals surface area contributed by atoms with Gasteiger partial charge in [0.1, 0.15) is 0 Å². The summed E-state index contributed by atoms with van der Waals surface area (Å²) in [6, 6.07) is 0.737. The molecular weight excluding hydrogens is 244 g/mol. The summed E-state index contributed by atoms with van der Waals surface area (Å²) >= 11 is 0. The Morgan fingerprint density at radius 1 is 1.15 bits per heavy atom. The molecule has 2 unspecified atom stereocenters. The lowest BCUT2D eigenvalue weighted by atomic mass is 9.69. The van der Waals surface area contributed by atoms with Gasteiger partial charge in [-0.2, -0.15) is 0 Å². The van der Waals surface area contributed by atoms with Crippen LogP contribution in [0.4, 0.5) is 0 Å². The maximum Gasteiger partial charge on any atom is 0.0105 e. The van der Waals surface area contributed by atoms with Crippen LogP contribution in [0.5, 0.6) is 0 Å². The normalized spacial score (nSPS) is 33.5. The lowest BCUT2D eigenvalue weighted by Crippen LogP contribution is -2.46. The molecule has 20 heavy (non-hydrogen) atoms. The summed E-state index contributed by atoms with van der Waals surface area (Å²) in [6.07, 6.45) is 8.25. The third kappa shape index (κ3) is 3.57. The molecule has 118 valence electrons. The highest BCUT2D eigenvalue weighted by atomic mass is 15.2. The van der Waals surface area contributed by atoms with Crippen LogP contribution in [0.15, 0.2) is 0 Å². The quantitative estimate of drug-likeness (QED) is 0.821. The molecule has 2 fully saturated rings. The molecule has 1 aliphatic heterocycles. The lowest BCUT2D eigenvalue weighted by Gasteiger charge is -2.42. The average Bonchev–Trinajstić information content (AvgIpc) is 2.82. The van der Waals surface area contributed by atoms with Gasteiger partial charge in [0.05, 0.1) is 0 Å². The first-order valence-corrected chi connectivity index (χ1v) is 8.83. The Morgan fingerprint density at radius 3 is 2.40 bits per heavy atom. The molecular formula is C18H36N2. The first kappa shape index (κ1) is 16.3. The number of rotatable bonds is 5. The van der Waals surface area contributed by atoms with Gasteiger partial charge in [0.15, 0.2) is 0 Å². The minimum absolute atomic E-state index is 0.546. The summed E-state index contributed by atoms with van der Waals surface area (Å²) in [6.45, 7) is 13.7. The van der Waals surface area contributed by atoms with Gasteiger partial charge in [-0.3, -0.25) is 0 Å². The second kappa shape index (κ2) is 6.36. The van der Waals surface area contributed by atoms with Crippen LogP contribution in [0.3, 0.4) is 0 Å². The molecule has 2 atom stereocenters. The topological polar surface area (TPSA) is 15.3 Å². The number of nitrogens with one attached hydrogen (secondary N) is 1.